The molecular formula is C14H13NO4. The first-order valence-corrected chi connectivity index (χ1v) is 5.73. The molecule has 2 atom stereocenters. The first-order chi connectivity index (χ1) is 9.13. The number of nitro groups is 1. The first-order valence-electron chi connectivity index (χ1n) is 5.73. The van der Waals surface area contributed by atoms with Crippen molar-refractivity contribution in [2.45, 2.75) is 12.0 Å². The van der Waals surface area contributed by atoms with Crippen LogP contribution < -0.4 is 0 Å². The zero-order valence-corrected chi connectivity index (χ0v) is 10.1. The molecule has 1 heterocycles. The van der Waals surface area contributed by atoms with Crippen molar-refractivity contribution in [2.24, 2.45) is 0 Å². The third-order valence-electron chi connectivity index (χ3n) is 2.86. The number of hydrogen-bond donors (Lipinski definition) is 1. The van der Waals surface area contributed by atoms with Gasteiger partial charge in [0.25, 0.3) is 0 Å². The maximum absolute atomic E-state index is 10.6. The van der Waals surface area contributed by atoms with Crippen LogP contribution in [0.15, 0.2) is 59.5 Å². The third kappa shape index (κ3) is 2.71. The summed E-state index contributed by atoms with van der Waals surface area (Å²) in [6.07, 6.45) is 0.586. The molecule has 0 saturated carbocycles. The Labute approximate surface area is 110 Å². The molecule has 19 heavy (non-hydrogen) atoms. The quantitative estimate of drug-likeness (QED) is 0.508. The van der Waals surface area contributed by atoms with Gasteiger partial charge in [-0.1, -0.05) is 36.4 Å². The van der Waals surface area contributed by atoms with E-state index in [1.807, 2.05) is 30.3 Å². The molecule has 5 nitrogen and oxygen atoms in total. The van der Waals surface area contributed by atoms with Gasteiger partial charge in [0.05, 0.1) is 6.07 Å². The minimum Gasteiger partial charge on any atom is -0.403 e. The SMILES string of the molecule is C=C[C@H](c1ccccc1)[C@H](O)c1ccc([N+](=O)[O-])o1. The Balaban J connectivity index is 2.28. The summed E-state index contributed by atoms with van der Waals surface area (Å²) in [5.74, 6) is -0.614. The standard InChI is InChI=1S/C14H13NO4/c1-2-11(10-6-4-3-5-7-10)14(16)12-8-9-13(19-12)15(17)18/h2-9,11,14,16H,1H2/t11-,14+/m1/s1. The number of benzene rings is 1. The Hall–Kier alpha value is -2.40. The van der Waals surface area contributed by atoms with Crippen molar-refractivity contribution in [3.05, 3.63) is 76.6 Å². The van der Waals surface area contributed by atoms with E-state index in [0.29, 0.717) is 0 Å². The number of rotatable bonds is 5. The number of nitrogens with zero attached hydrogens (tertiary/aromatic N) is 1. The predicted octanol–water partition coefficient (Wildman–Crippen LogP) is 3.19. The van der Waals surface area contributed by atoms with Gasteiger partial charge in [0.15, 0.2) is 0 Å². The Bertz CT molecular complexity index is 576. The van der Waals surface area contributed by atoms with E-state index in [2.05, 4.69) is 6.58 Å². The van der Waals surface area contributed by atoms with Crippen LogP contribution in [0.25, 0.3) is 0 Å². The molecule has 1 N–H and O–H groups in total. The fourth-order valence-corrected chi connectivity index (χ4v) is 1.90. The highest BCUT2D eigenvalue weighted by atomic mass is 16.6. The maximum atomic E-state index is 10.6. The van der Waals surface area contributed by atoms with Gasteiger partial charge in [0, 0.05) is 5.92 Å². The predicted molar refractivity (Wildman–Crippen MR) is 69.7 cm³/mol. The highest BCUT2D eigenvalue weighted by Crippen LogP contribution is 2.33. The van der Waals surface area contributed by atoms with Crippen molar-refractivity contribution in [2.75, 3.05) is 0 Å². The largest absolute Gasteiger partial charge is 0.433 e. The van der Waals surface area contributed by atoms with E-state index < -0.39 is 11.0 Å². The van der Waals surface area contributed by atoms with Gasteiger partial charge >= 0.3 is 5.88 Å². The number of hydrogen-bond acceptors (Lipinski definition) is 4. The normalized spacial score (nSPS) is 13.7. The second kappa shape index (κ2) is 5.49. The summed E-state index contributed by atoms with van der Waals surface area (Å²) in [4.78, 5) is 9.92. The molecule has 0 unspecified atom stereocenters. The van der Waals surface area contributed by atoms with Gasteiger partial charge in [0.2, 0.25) is 0 Å². The summed E-state index contributed by atoms with van der Waals surface area (Å²) >= 11 is 0. The van der Waals surface area contributed by atoms with Crippen LogP contribution in [0.1, 0.15) is 23.3 Å². The van der Waals surface area contributed by atoms with Crippen LogP contribution in [0.3, 0.4) is 0 Å². The van der Waals surface area contributed by atoms with E-state index in [4.69, 9.17) is 4.42 Å². The van der Waals surface area contributed by atoms with E-state index in [1.165, 1.54) is 12.1 Å². The average Bonchev–Trinajstić information content (AvgIpc) is 2.90. The molecule has 0 aliphatic heterocycles. The zero-order chi connectivity index (χ0) is 13.8. The molecule has 0 bridgehead atoms. The average molecular weight is 259 g/mol. The summed E-state index contributed by atoms with van der Waals surface area (Å²) < 4.78 is 5.01. The van der Waals surface area contributed by atoms with E-state index in [9.17, 15) is 15.2 Å². The van der Waals surface area contributed by atoms with E-state index in [-0.39, 0.29) is 17.6 Å². The van der Waals surface area contributed by atoms with Crippen LogP contribution >= 0.6 is 0 Å². The van der Waals surface area contributed by atoms with Gasteiger partial charge < -0.3 is 9.52 Å². The monoisotopic (exact) mass is 259 g/mol. The van der Waals surface area contributed by atoms with Crippen LogP contribution in [-0.4, -0.2) is 10.0 Å². The molecule has 2 rings (SSSR count). The fourth-order valence-electron chi connectivity index (χ4n) is 1.90. The first kappa shape index (κ1) is 13.0. The minimum absolute atomic E-state index is 0.153. The fraction of sp³-hybridized carbons (Fsp3) is 0.143. The van der Waals surface area contributed by atoms with Crippen molar-refractivity contribution in [1.29, 1.82) is 0 Å². The summed E-state index contributed by atoms with van der Waals surface area (Å²) in [5.41, 5.74) is 0.865. The van der Waals surface area contributed by atoms with Crippen molar-refractivity contribution in [1.82, 2.24) is 0 Å². The maximum Gasteiger partial charge on any atom is 0.433 e. The van der Waals surface area contributed by atoms with Crippen LogP contribution in [0.2, 0.25) is 0 Å². The second-order valence-corrected chi connectivity index (χ2v) is 4.05. The van der Waals surface area contributed by atoms with E-state index >= 15 is 0 Å². The Kier molecular flexibility index (Phi) is 3.77. The van der Waals surface area contributed by atoms with Crippen molar-refractivity contribution in [3.63, 3.8) is 0 Å². The van der Waals surface area contributed by atoms with Crippen molar-refractivity contribution in [3.8, 4) is 0 Å². The lowest BCUT2D eigenvalue weighted by atomic mass is 9.92. The molecule has 5 heteroatoms. The van der Waals surface area contributed by atoms with Crippen LogP contribution in [0.4, 0.5) is 5.88 Å². The molecule has 0 amide bonds. The highest BCUT2D eigenvalue weighted by Gasteiger charge is 2.25. The van der Waals surface area contributed by atoms with Gasteiger partial charge in [-0.3, -0.25) is 10.1 Å². The Morgan fingerprint density at radius 1 is 1.26 bits per heavy atom. The van der Waals surface area contributed by atoms with Crippen molar-refractivity contribution < 1.29 is 14.4 Å². The lowest BCUT2D eigenvalue weighted by Crippen LogP contribution is -2.07. The lowest BCUT2D eigenvalue weighted by Gasteiger charge is -2.17. The molecule has 98 valence electrons. The lowest BCUT2D eigenvalue weighted by molar-refractivity contribution is -0.402. The minimum atomic E-state index is -1.01. The highest BCUT2D eigenvalue weighted by molar-refractivity contribution is 5.28. The molecule has 0 spiro atoms. The molecule has 0 aliphatic carbocycles. The molecule has 1 aromatic carbocycles. The zero-order valence-electron chi connectivity index (χ0n) is 10.1. The summed E-state index contributed by atoms with van der Waals surface area (Å²) in [7, 11) is 0. The summed E-state index contributed by atoms with van der Waals surface area (Å²) in [6, 6.07) is 11.9. The van der Waals surface area contributed by atoms with Crippen molar-refractivity contribution >= 4 is 5.88 Å². The Morgan fingerprint density at radius 2 is 1.95 bits per heavy atom. The number of furan rings is 1. The van der Waals surface area contributed by atoms with E-state index in [1.54, 1.807) is 6.08 Å². The third-order valence-corrected chi connectivity index (χ3v) is 2.86. The van der Waals surface area contributed by atoms with Gasteiger partial charge in [-0.05, 0) is 11.6 Å². The smallest absolute Gasteiger partial charge is 0.403 e. The molecule has 1 aromatic heterocycles. The topological polar surface area (TPSA) is 76.5 Å². The number of aliphatic hydroxyl groups is 1. The Morgan fingerprint density at radius 3 is 2.47 bits per heavy atom. The van der Waals surface area contributed by atoms with Crippen LogP contribution in [0.5, 0.6) is 0 Å². The van der Waals surface area contributed by atoms with Crippen LogP contribution in [0, 0.1) is 10.1 Å². The van der Waals surface area contributed by atoms with Crippen LogP contribution in [-0.2, 0) is 0 Å². The summed E-state index contributed by atoms with van der Waals surface area (Å²) in [5, 5.41) is 20.8. The molecule has 0 aliphatic rings. The molecular weight excluding hydrogens is 246 g/mol. The number of aliphatic hydroxyl groups excluding tert-OH is 1. The van der Waals surface area contributed by atoms with Gasteiger partial charge in [-0.25, -0.2) is 0 Å². The van der Waals surface area contributed by atoms with Gasteiger partial charge in [0.1, 0.15) is 16.8 Å². The second-order valence-electron chi connectivity index (χ2n) is 4.05. The van der Waals surface area contributed by atoms with E-state index in [0.717, 1.165) is 5.56 Å². The van der Waals surface area contributed by atoms with Gasteiger partial charge in [-0.2, -0.15) is 0 Å². The molecule has 0 fully saturated rings. The molecule has 0 radical (unpaired) electrons. The molecule has 0 saturated heterocycles. The molecule has 2 aromatic rings. The van der Waals surface area contributed by atoms with Gasteiger partial charge in [-0.15, -0.1) is 6.58 Å². The summed E-state index contributed by atoms with van der Waals surface area (Å²) in [6.45, 7) is 3.69.